The number of halogens is 1. The quantitative estimate of drug-likeness (QED) is 0.433. The molecule has 0 bridgehead atoms. The van der Waals surface area contributed by atoms with Crippen molar-refractivity contribution in [1.82, 2.24) is 0 Å². The van der Waals surface area contributed by atoms with Crippen molar-refractivity contribution < 1.29 is 4.79 Å². The van der Waals surface area contributed by atoms with Gasteiger partial charge in [0.1, 0.15) is 0 Å². The van der Waals surface area contributed by atoms with Crippen molar-refractivity contribution in [2.24, 2.45) is 0 Å². The lowest BCUT2D eigenvalue weighted by Crippen LogP contribution is -1.84. The van der Waals surface area contributed by atoms with Crippen LogP contribution in [0.4, 0.5) is 0 Å². The van der Waals surface area contributed by atoms with Gasteiger partial charge in [-0.3, -0.25) is 4.79 Å². The van der Waals surface area contributed by atoms with Gasteiger partial charge in [-0.1, -0.05) is 30.3 Å². The van der Waals surface area contributed by atoms with Crippen LogP contribution in [0.5, 0.6) is 0 Å². The smallest absolute Gasteiger partial charge is 0.252 e. The molecular weight excluding hydrogens is 138 g/mol. The normalized spacial score (nSPS) is 9.00. The van der Waals surface area contributed by atoms with Gasteiger partial charge in [-0.25, -0.2) is 0 Å². The fourth-order valence-electron chi connectivity index (χ4n) is 0.569. The zero-order chi connectivity index (χ0) is 6.69. The average Bonchev–Trinajstić information content (AvgIpc) is 1.90. The van der Waals surface area contributed by atoms with Crippen LogP contribution in [-0.2, 0) is 0 Å². The van der Waals surface area contributed by atoms with Gasteiger partial charge in [-0.2, -0.15) is 0 Å². The van der Waals surface area contributed by atoms with Crippen molar-refractivity contribution in [3.63, 3.8) is 0 Å². The number of benzene rings is 1. The van der Waals surface area contributed by atoms with Gasteiger partial charge >= 0.3 is 0 Å². The highest BCUT2D eigenvalue weighted by molar-refractivity contribution is 6.67. The zero-order valence-electron chi connectivity index (χ0n) is 4.67. The van der Waals surface area contributed by atoms with Gasteiger partial charge in [0.2, 0.25) is 0 Å². The Labute approximate surface area is 58.3 Å². The molecule has 46 valence electrons. The van der Waals surface area contributed by atoms with E-state index in [1.54, 1.807) is 24.3 Å². The Balaban J connectivity index is 2.98. The lowest BCUT2D eigenvalue weighted by atomic mass is 10.2. The number of carbonyl (C=O) groups excluding carboxylic acids is 1. The Hall–Kier alpha value is -0.820. The molecule has 0 spiro atoms. The molecule has 0 aromatic heterocycles. The highest BCUT2D eigenvalue weighted by atomic mass is 35.5. The average molecular weight is 143 g/mol. The van der Waals surface area contributed by atoms with Crippen molar-refractivity contribution in [3.05, 3.63) is 35.9 Å². The molecule has 0 unspecified atom stereocenters. The van der Waals surface area contributed by atoms with Crippen molar-refractivity contribution >= 4 is 16.8 Å². The summed E-state index contributed by atoms with van der Waals surface area (Å²) in [7, 11) is 0. The Morgan fingerprint density at radius 2 is 1.78 bits per heavy atom. The Morgan fingerprint density at radius 1 is 1.22 bits per heavy atom. The summed E-state index contributed by atoms with van der Waals surface area (Å²) in [5.41, 5.74) is 0.541. The fraction of sp³-hybridized carbons (Fsp3) is 0. The summed E-state index contributed by atoms with van der Waals surface area (Å²) in [6.45, 7) is 0. The molecule has 2 heteroatoms. The molecule has 0 atom stereocenters. The molecule has 0 fully saturated rings. The minimum Gasteiger partial charge on any atom is -0.276 e. The molecular formula is C7H5ClO. The van der Waals surface area contributed by atoms with Gasteiger partial charge in [0.15, 0.2) is 0 Å². The summed E-state index contributed by atoms with van der Waals surface area (Å²) in [4.78, 5) is 10.4. The first-order valence-corrected chi connectivity index (χ1v) is 2.93. The van der Waals surface area contributed by atoms with Crippen molar-refractivity contribution in [2.75, 3.05) is 0 Å². The van der Waals surface area contributed by atoms with Crippen LogP contribution in [0.1, 0.15) is 10.4 Å². The highest BCUT2D eigenvalue weighted by Crippen LogP contribution is 2.01. The summed E-state index contributed by atoms with van der Waals surface area (Å²) >= 11 is 5.16. The third kappa shape index (κ3) is 1.54. The fourth-order valence-corrected chi connectivity index (χ4v) is 0.695. The van der Waals surface area contributed by atoms with Gasteiger partial charge in [0.05, 0.1) is 0 Å². The van der Waals surface area contributed by atoms with E-state index in [-0.39, 0.29) is 0 Å². The predicted molar refractivity (Wildman–Crippen MR) is 36.6 cm³/mol. The van der Waals surface area contributed by atoms with Crippen LogP contribution in [0, 0.1) is 0 Å². The summed E-state index contributed by atoms with van der Waals surface area (Å²) in [6, 6.07) is 8.74. The molecule has 1 aromatic rings. The molecule has 0 amide bonds. The maximum Gasteiger partial charge on any atom is 0.252 e. The molecule has 1 rings (SSSR count). The Kier molecular flexibility index (Phi) is 1.85. The summed E-state index contributed by atoms with van der Waals surface area (Å²) < 4.78 is 0. The number of hydrogen-bond donors (Lipinski definition) is 0. The highest BCUT2D eigenvalue weighted by Gasteiger charge is 1.95. The van der Waals surface area contributed by atoms with Gasteiger partial charge in [-0.05, 0) is 11.6 Å². The second-order valence-electron chi connectivity index (χ2n) is 1.64. The summed E-state index contributed by atoms with van der Waals surface area (Å²) in [6.07, 6.45) is 0. The standard InChI is InChI=1S/C7H5ClO/c8-7(9)6-4-2-1-3-5-6/h1-5H/i9+2. The molecule has 0 aliphatic heterocycles. The van der Waals surface area contributed by atoms with Crippen LogP contribution in [0.2, 0.25) is 0 Å². The molecule has 0 radical (unpaired) electrons. The van der Waals surface area contributed by atoms with Gasteiger partial charge in [0, 0.05) is 5.56 Å². The first-order chi connectivity index (χ1) is 4.30. The van der Waals surface area contributed by atoms with E-state index in [0.29, 0.717) is 5.56 Å². The maximum absolute atomic E-state index is 10.4. The van der Waals surface area contributed by atoms with Gasteiger partial charge in [-0.15, -0.1) is 0 Å². The van der Waals surface area contributed by atoms with Crippen LogP contribution in [0.15, 0.2) is 30.3 Å². The number of hydrogen-bond acceptors (Lipinski definition) is 1. The van der Waals surface area contributed by atoms with Gasteiger partial charge in [0.25, 0.3) is 5.24 Å². The summed E-state index contributed by atoms with van der Waals surface area (Å²) in [5.74, 6) is 0. The topological polar surface area (TPSA) is 17.1 Å². The van der Waals surface area contributed by atoms with E-state index in [2.05, 4.69) is 0 Å². The van der Waals surface area contributed by atoms with Crippen molar-refractivity contribution in [3.8, 4) is 0 Å². The first-order valence-electron chi connectivity index (χ1n) is 2.55. The second kappa shape index (κ2) is 2.65. The molecule has 0 saturated heterocycles. The van der Waals surface area contributed by atoms with E-state index < -0.39 is 5.24 Å². The molecule has 0 saturated carbocycles. The Bertz CT molecular complexity index is 205. The van der Waals surface area contributed by atoms with Crippen LogP contribution >= 0.6 is 11.6 Å². The van der Waals surface area contributed by atoms with E-state index in [0.717, 1.165) is 0 Å². The lowest BCUT2D eigenvalue weighted by Gasteiger charge is -1.87. The van der Waals surface area contributed by atoms with Gasteiger partial charge < -0.3 is 0 Å². The molecule has 1 nitrogen and oxygen atoms in total. The third-order valence-electron chi connectivity index (χ3n) is 1.00. The van der Waals surface area contributed by atoms with E-state index in [1.807, 2.05) is 6.07 Å². The number of carbonyl (C=O) groups is 1. The predicted octanol–water partition coefficient (Wildman–Crippen LogP) is 2.07. The van der Waals surface area contributed by atoms with Crippen LogP contribution < -0.4 is 0 Å². The molecule has 0 aliphatic carbocycles. The van der Waals surface area contributed by atoms with Crippen molar-refractivity contribution in [2.45, 2.75) is 0 Å². The SMILES string of the molecule is [18O]=C(Cl)c1ccccc1. The molecule has 0 heterocycles. The van der Waals surface area contributed by atoms with E-state index in [9.17, 15) is 4.79 Å². The maximum atomic E-state index is 10.4. The number of rotatable bonds is 1. The molecule has 0 aliphatic rings. The minimum absolute atomic E-state index is 0.407. The molecule has 9 heavy (non-hydrogen) atoms. The van der Waals surface area contributed by atoms with Crippen molar-refractivity contribution in [1.29, 1.82) is 0 Å². The minimum atomic E-state index is -0.407. The zero-order valence-corrected chi connectivity index (χ0v) is 5.43. The largest absolute Gasteiger partial charge is 0.276 e. The van der Waals surface area contributed by atoms with Crippen LogP contribution in [0.3, 0.4) is 0 Å². The summed E-state index contributed by atoms with van der Waals surface area (Å²) in [5, 5.41) is -0.407. The first kappa shape index (κ1) is 6.30. The van der Waals surface area contributed by atoms with E-state index in [4.69, 9.17) is 11.6 Å². The third-order valence-corrected chi connectivity index (χ3v) is 1.22. The second-order valence-corrected chi connectivity index (χ2v) is 1.98. The molecule has 1 aromatic carbocycles. The Morgan fingerprint density at radius 3 is 2.11 bits per heavy atom. The monoisotopic (exact) mass is 142 g/mol. The van der Waals surface area contributed by atoms with Crippen LogP contribution in [0.25, 0.3) is 0 Å². The van der Waals surface area contributed by atoms with E-state index in [1.165, 1.54) is 0 Å². The van der Waals surface area contributed by atoms with Crippen LogP contribution in [-0.4, -0.2) is 5.24 Å². The van der Waals surface area contributed by atoms with E-state index >= 15 is 0 Å². The lowest BCUT2D eigenvalue weighted by molar-refractivity contribution is 0.108. The molecule has 0 N–H and O–H groups in total.